The van der Waals surface area contributed by atoms with Crippen LogP contribution >= 0.6 is 15.9 Å². The maximum absolute atomic E-state index is 14.1. The molecular weight excluding hydrogens is 427 g/mol. The van der Waals surface area contributed by atoms with Crippen LogP contribution in [0.2, 0.25) is 0 Å². The van der Waals surface area contributed by atoms with Gasteiger partial charge in [0.1, 0.15) is 11.6 Å². The van der Waals surface area contributed by atoms with Crippen LogP contribution in [0, 0.1) is 12.7 Å². The van der Waals surface area contributed by atoms with Gasteiger partial charge in [-0.25, -0.2) is 9.07 Å². The van der Waals surface area contributed by atoms with E-state index < -0.39 is 0 Å². The van der Waals surface area contributed by atoms with E-state index >= 15 is 0 Å². The number of carbonyl (C=O) groups excluding carboxylic acids is 1. The molecule has 0 spiro atoms. The van der Waals surface area contributed by atoms with Crippen LogP contribution < -0.4 is 4.74 Å². The van der Waals surface area contributed by atoms with Gasteiger partial charge in [-0.3, -0.25) is 4.79 Å². The number of amides is 1. The van der Waals surface area contributed by atoms with Gasteiger partial charge in [-0.15, -0.1) is 5.10 Å². The van der Waals surface area contributed by atoms with Gasteiger partial charge in [0.05, 0.1) is 18.5 Å². The average molecular weight is 447 g/mol. The number of aromatic nitrogens is 3. The van der Waals surface area contributed by atoms with Crippen molar-refractivity contribution in [3.8, 4) is 11.4 Å². The second-order valence-corrected chi connectivity index (χ2v) is 7.10. The standard InChI is InChI=1S/C20H20BrFN4O2/c1-4-25(12-14-11-15(21)5-10-18(14)22)20(27)19-13(2)26(24-23-19)16-6-8-17(28-3)9-7-16/h5-11H,4,12H2,1-3H3. The number of halogens is 2. The number of benzene rings is 2. The fraction of sp³-hybridized carbons (Fsp3) is 0.250. The Morgan fingerprint density at radius 2 is 1.96 bits per heavy atom. The molecule has 1 heterocycles. The summed E-state index contributed by atoms with van der Waals surface area (Å²) in [5.74, 6) is 0.0817. The minimum Gasteiger partial charge on any atom is -0.497 e. The molecule has 146 valence electrons. The van der Waals surface area contributed by atoms with Crippen molar-refractivity contribution in [3.05, 3.63) is 69.7 Å². The van der Waals surface area contributed by atoms with Crippen LogP contribution in [0.3, 0.4) is 0 Å². The number of hydrogen-bond acceptors (Lipinski definition) is 4. The largest absolute Gasteiger partial charge is 0.497 e. The first-order valence-electron chi connectivity index (χ1n) is 8.74. The molecule has 0 bridgehead atoms. The van der Waals surface area contributed by atoms with Crippen molar-refractivity contribution in [1.29, 1.82) is 0 Å². The third-order valence-corrected chi connectivity index (χ3v) is 4.95. The van der Waals surface area contributed by atoms with E-state index in [1.54, 1.807) is 35.7 Å². The second kappa shape index (κ2) is 8.52. The van der Waals surface area contributed by atoms with E-state index in [1.165, 1.54) is 6.07 Å². The summed E-state index contributed by atoms with van der Waals surface area (Å²) in [4.78, 5) is 14.5. The number of ether oxygens (including phenoxy) is 1. The van der Waals surface area contributed by atoms with Gasteiger partial charge in [0.15, 0.2) is 5.69 Å². The molecule has 0 unspecified atom stereocenters. The lowest BCUT2D eigenvalue weighted by atomic mass is 10.2. The summed E-state index contributed by atoms with van der Waals surface area (Å²) in [7, 11) is 1.60. The molecule has 3 rings (SSSR count). The monoisotopic (exact) mass is 446 g/mol. The van der Waals surface area contributed by atoms with Gasteiger partial charge < -0.3 is 9.64 Å². The lowest BCUT2D eigenvalue weighted by Crippen LogP contribution is -2.31. The Bertz CT molecular complexity index is 988. The minimum absolute atomic E-state index is 0.148. The Morgan fingerprint density at radius 1 is 1.25 bits per heavy atom. The third kappa shape index (κ3) is 4.06. The fourth-order valence-electron chi connectivity index (χ4n) is 2.84. The molecule has 0 aliphatic heterocycles. The molecular formula is C20H20BrFN4O2. The summed E-state index contributed by atoms with van der Waals surface area (Å²) in [5.41, 5.74) is 2.06. The Kier molecular flexibility index (Phi) is 6.08. The molecule has 0 radical (unpaired) electrons. The van der Waals surface area contributed by atoms with Crippen molar-refractivity contribution in [2.45, 2.75) is 20.4 Å². The van der Waals surface area contributed by atoms with Crippen molar-refractivity contribution in [3.63, 3.8) is 0 Å². The molecule has 6 nitrogen and oxygen atoms in total. The van der Waals surface area contributed by atoms with E-state index in [0.29, 0.717) is 17.8 Å². The Balaban J connectivity index is 1.86. The van der Waals surface area contributed by atoms with Gasteiger partial charge in [0.2, 0.25) is 0 Å². The Labute approximate surface area is 171 Å². The highest BCUT2D eigenvalue weighted by Crippen LogP contribution is 2.20. The molecule has 2 aromatic carbocycles. The molecule has 8 heteroatoms. The molecule has 1 amide bonds. The molecule has 28 heavy (non-hydrogen) atoms. The van der Waals surface area contributed by atoms with E-state index in [1.807, 2.05) is 31.2 Å². The summed E-state index contributed by atoms with van der Waals surface area (Å²) in [6.45, 7) is 4.19. The van der Waals surface area contributed by atoms with Crippen LogP contribution in [0.4, 0.5) is 4.39 Å². The van der Waals surface area contributed by atoms with Crippen molar-refractivity contribution >= 4 is 21.8 Å². The zero-order chi connectivity index (χ0) is 20.3. The molecule has 1 aromatic heterocycles. The Morgan fingerprint density at radius 3 is 2.61 bits per heavy atom. The van der Waals surface area contributed by atoms with Crippen molar-refractivity contribution in [2.24, 2.45) is 0 Å². The quantitative estimate of drug-likeness (QED) is 0.570. The van der Waals surface area contributed by atoms with Crippen molar-refractivity contribution < 1.29 is 13.9 Å². The maximum Gasteiger partial charge on any atom is 0.276 e. The zero-order valence-corrected chi connectivity index (χ0v) is 17.4. The summed E-state index contributed by atoms with van der Waals surface area (Å²) >= 11 is 3.34. The van der Waals surface area contributed by atoms with Crippen LogP contribution in [0.15, 0.2) is 46.9 Å². The van der Waals surface area contributed by atoms with Crippen LogP contribution in [-0.2, 0) is 6.54 Å². The SMILES string of the molecule is CCN(Cc1cc(Br)ccc1F)C(=O)c1nnn(-c2ccc(OC)cc2)c1C. The van der Waals surface area contributed by atoms with E-state index in [9.17, 15) is 9.18 Å². The maximum atomic E-state index is 14.1. The second-order valence-electron chi connectivity index (χ2n) is 6.19. The molecule has 0 aliphatic rings. The molecule has 0 saturated carbocycles. The smallest absolute Gasteiger partial charge is 0.276 e. The first-order chi connectivity index (χ1) is 13.4. The van der Waals surface area contributed by atoms with Gasteiger partial charge in [-0.1, -0.05) is 21.1 Å². The lowest BCUT2D eigenvalue weighted by Gasteiger charge is -2.20. The average Bonchev–Trinajstić information content (AvgIpc) is 3.09. The molecule has 3 aromatic rings. The van der Waals surface area contributed by atoms with Crippen LogP contribution in [0.5, 0.6) is 5.75 Å². The van der Waals surface area contributed by atoms with Crippen LogP contribution in [0.1, 0.15) is 28.7 Å². The minimum atomic E-state index is -0.354. The first-order valence-corrected chi connectivity index (χ1v) is 9.53. The van der Waals surface area contributed by atoms with E-state index in [2.05, 4.69) is 26.2 Å². The lowest BCUT2D eigenvalue weighted by molar-refractivity contribution is 0.0744. The highest BCUT2D eigenvalue weighted by Gasteiger charge is 2.23. The first kappa shape index (κ1) is 20.0. The predicted octanol–water partition coefficient (Wildman–Crippen LogP) is 4.15. The summed E-state index contributed by atoms with van der Waals surface area (Å²) in [6, 6.07) is 12.0. The molecule has 0 atom stereocenters. The van der Waals surface area contributed by atoms with Crippen LogP contribution in [-0.4, -0.2) is 39.5 Å². The summed E-state index contributed by atoms with van der Waals surface area (Å²) in [6.07, 6.45) is 0. The van der Waals surface area contributed by atoms with Gasteiger partial charge in [-0.2, -0.15) is 0 Å². The predicted molar refractivity (Wildman–Crippen MR) is 107 cm³/mol. The zero-order valence-electron chi connectivity index (χ0n) is 15.8. The third-order valence-electron chi connectivity index (χ3n) is 4.45. The van der Waals surface area contributed by atoms with Gasteiger partial charge in [0, 0.05) is 23.1 Å². The highest BCUT2D eigenvalue weighted by atomic mass is 79.9. The molecule has 0 fully saturated rings. The van der Waals surface area contributed by atoms with Crippen molar-refractivity contribution in [1.82, 2.24) is 19.9 Å². The normalized spacial score (nSPS) is 10.8. The van der Waals surface area contributed by atoms with E-state index in [-0.39, 0.29) is 24.0 Å². The van der Waals surface area contributed by atoms with Gasteiger partial charge in [-0.05, 0) is 56.3 Å². The molecule has 0 saturated heterocycles. The highest BCUT2D eigenvalue weighted by molar-refractivity contribution is 9.10. The number of nitrogens with zero attached hydrogens (tertiary/aromatic N) is 4. The van der Waals surface area contributed by atoms with Gasteiger partial charge >= 0.3 is 0 Å². The number of hydrogen-bond donors (Lipinski definition) is 0. The number of methoxy groups -OCH3 is 1. The topological polar surface area (TPSA) is 60.2 Å². The summed E-state index contributed by atoms with van der Waals surface area (Å²) in [5, 5.41) is 8.19. The molecule has 0 N–H and O–H groups in total. The number of carbonyl (C=O) groups is 1. The molecule has 0 aliphatic carbocycles. The van der Waals surface area contributed by atoms with E-state index in [4.69, 9.17) is 4.74 Å². The Hall–Kier alpha value is -2.74. The van der Waals surface area contributed by atoms with E-state index in [0.717, 1.165) is 15.9 Å². The summed E-state index contributed by atoms with van der Waals surface area (Å²) < 4.78 is 21.6. The fourth-order valence-corrected chi connectivity index (χ4v) is 3.25. The van der Waals surface area contributed by atoms with Crippen LogP contribution in [0.25, 0.3) is 5.69 Å². The van der Waals surface area contributed by atoms with Gasteiger partial charge in [0.25, 0.3) is 5.91 Å². The van der Waals surface area contributed by atoms with Crippen molar-refractivity contribution in [2.75, 3.05) is 13.7 Å². The number of rotatable bonds is 6.